The van der Waals surface area contributed by atoms with Gasteiger partial charge in [-0.1, -0.05) is 0 Å². The molecule has 1 fully saturated rings. The molecule has 9 heteroatoms. The van der Waals surface area contributed by atoms with E-state index in [1.165, 1.54) is 0 Å². The fourth-order valence-corrected chi connectivity index (χ4v) is 5.87. The highest BCUT2D eigenvalue weighted by atomic mass is 16.5. The Balaban J connectivity index is 1.83. The summed E-state index contributed by atoms with van der Waals surface area (Å²) in [6.07, 6.45) is 3.54. The lowest BCUT2D eigenvalue weighted by Crippen LogP contribution is -2.44. The average molecular weight is 559 g/mol. The van der Waals surface area contributed by atoms with Crippen LogP contribution in [-0.4, -0.2) is 81.3 Å². The number of aliphatic hydroxyl groups excluding tert-OH is 1. The van der Waals surface area contributed by atoms with E-state index in [0.29, 0.717) is 36.6 Å². The van der Waals surface area contributed by atoms with Gasteiger partial charge in [-0.3, -0.25) is 10.1 Å². The Labute approximate surface area is 239 Å². The molecular weight excluding hydrogens is 508 g/mol. The quantitative estimate of drug-likeness (QED) is 0.224. The summed E-state index contributed by atoms with van der Waals surface area (Å²) in [4.78, 5) is 20.3. The van der Waals surface area contributed by atoms with Crippen molar-refractivity contribution in [2.24, 2.45) is 0 Å². The summed E-state index contributed by atoms with van der Waals surface area (Å²) < 4.78 is 16.5. The fourth-order valence-electron chi connectivity index (χ4n) is 5.87. The number of likely N-dealkylation sites (N-methyl/N-ethyl adjacent to an activating group) is 1. The zero-order chi connectivity index (χ0) is 29.2. The number of aliphatic hydroxyl groups is 1. The lowest BCUT2D eigenvalue weighted by Gasteiger charge is -2.41. The molecule has 1 saturated carbocycles. The van der Waals surface area contributed by atoms with Crippen LogP contribution in [0.5, 0.6) is 5.75 Å². The molecule has 1 aromatic heterocycles. The van der Waals surface area contributed by atoms with Crippen LogP contribution in [0, 0.1) is 20.8 Å². The monoisotopic (exact) mass is 558 g/mol. The van der Waals surface area contributed by atoms with Crippen molar-refractivity contribution in [3.63, 3.8) is 0 Å². The van der Waals surface area contributed by atoms with E-state index in [9.17, 15) is 9.90 Å². The molecule has 0 spiro atoms. The third-order valence-corrected chi connectivity index (χ3v) is 8.24. The van der Waals surface area contributed by atoms with Gasteiger partial charge in [0.1, 0.15) is 18.6 Å². The molecule has 0 aliphatic heterocycles. The second kappa shape index (κ2) is 15.5. The lowest BCUT2D eigenvalue weighted by atomic mass is 9.88. The summed E-state index contributed by atoms with van der Waals surface area (Å²) >= 11 is 0. The Kier molecular flexibility index (Phi) is 12.5. The van der Waals surface area contributed by atoms with Crippen LogP contribution in [0.2, 0.25) is 0 Å². The maximum Gasteiger partial charge on any atom is 0.252 e. The van der Waals surface area contributed by atoms with Crippen molar-refractivity contribution in [1.82, 2.24) is 15.2 Å². The molecule has 1 atom stereocenters. The average Bonchev–Trinajstić information content (AvgIpc) is 2.93. The number of benzene rings is 1. The molecule has 0 amide bonds. The Hall–Kier alpha value is -2.43. The predicted molar refractivity (Wildman–Crippen MR) is 160 cm³/mol. The van der Waals surface area contributed by atoms with Crippen LogP contribution in [0.25, 0.3) is 0 Å². The highest BCUT2D eigenvalue weighted by molar-refractivity contribution is 5.61. The molecule has 3 rings (SSSR count). The number of H-pyrrole nitrogens is 1. The van der Waals surface area contributed by atoms with Crippen molar-refractivity contribution in [2.45, 2.75) is 78.2 Å². The van der Waals surface area contributed by atoms with E-state index in [1.54, 1.807) is 14.2 Å². The predicted octanol–water partition coefficient (Wildman–Crippen LogP) is 3.82. The smallest absolute Gasteiger partial charge is 0.252 e. The van der Waals surface area contributed by atoms with Crippen LogP contribution in [-0.2, 0) is 16.0 Å². The molecule has 1 aromatic carbocycles. The van der Waals surface area contributed by atoms with Crippen LogP contribution in [0.3, 0.4) is 0 Å². The normalized spacial score (nSPS) is 18.2. The molecule has 0 radical (unpaired) electrons. The van der Waals surface area contributed by atoms with Gasteiger partial charge in [0, 0.05) is 74.5 Å². The van der Waals surface area contributed by atoms with Crippen molar-refractivity contribution in [1.29, 1.82) is 0 Å². The van der Waals surface area contributed by atoms with Crippen molar-refractivity contribution in [3.8, 4) is 5.75 Å². The molecule has 9 nitrogen and oxygen atoms in total. The van der Waals surface area contributed by atoms with Crippen LogP contribution >= 0.6 is 0 Å². The van der Waals surface area contributed by atoms with Crippen LogP contribution in [0.15, 0.2) is 23.0 Å². The topological polar surface area (TPSA) is 99.3 Å². The number of nitrogens with one attached hydrogen (secondary N) is 2. The first-order valence-electron chi connectivity index (χ1n) is 14.5. The van der Waals surface area contributed by atoms with Gasteiger partial charge in [-0.25, -0.2) is 0 Å². The number of anilines is 1. The van der Waals surface area contributed by atoms with Crippen molar-refractivity contribution in [3.05, 3.63) is 56.5 Å². The number of rotatable bonds is 15. The molecule has 1 aliphatic carbocycles. The fraction of sp³-hybridized carbons (Fsp3) is 0.645. The van der Waals surface area contributed by atoms with E-state index in [2.05, 4.69) is 47.1 Å². The van der Waals surface area contributed by atoms with E-state index < -0.39 is 6.23 Å². The third-order valence-electron chi connectivity index (χ3n) is 8.24. The molecule has 0 saturated heterocycles. The van der Waals surface area contributed by atoms with Crippen molar-refractivity contribution in [2.75, 3.05) is 59.1 Å². The minimum atomic E-state index is -0.964. The van der Waals surface area contributed by atoms with Gasteiger partial charge in [-0.15, -0.1) is 0 Å². The van der Waals surface area contributed by atoms with Gasteiger partial charge in [0.15, 0.2) is 0 Å². The van der Waals surface area contributed by atoms with E-state index in [-0.39, 0.29) is 12.1 Å². The summed E-state index contributed by atoms with van der Waals surface area (Å²) in [7, 11) is 5.60. The van der Waals surface area contributed by atoms with E-state index in [4.69, 9.17) is 14.2 Å². The Bertz CT molecular complexity index is 1130. The summed E-state index contributed by atoms with van der Waals surface area (Å²) in [5.74, 6) is 0.698. The van der Waals surface area contributed by atoms with Gasteiger partial charge in [-0.05, 0) is 83.7 Å². The minimum absolute atomic E-state index is 0.133. The summed E-state index contributed by atoms with van der Waals surface area (Å²) in [6, 6.07) is 6.92. The highest BCUT2D eigenvalue weighted by Crippen LogP contribution is 2.36. The number of hydrogen-bond acceptors (Lipinski definition) is 8. The van der Waals surface area contributed by atoms with Gasteiger partial charge in [0.05, 0.1) is 13.2 Å². The van der Waals surface area contributed by atoms with Crippen molar-refractivity contribution >= 4 is 5.69 Å². The first-order chi connectivity index (χ1) is 19.2. The molecule has 1 aliphatic rings. The second-order valence-electron chi connectivity index (χ2n) is 10.9. The highest BCUT2D eigenvalue weighted by Gasteiger charge is 2.29. The van der Waals surface area contributed by atoms with Gasteiger partial charge in [0.25, 0.3) is 5.56 Å². The van der Waals surface area contributed by atoms with E-state index in [1.807, 2.05) is 26.0 Å². The number of aromatic amines is 1. The lowest BCUT2D eigenvalue weighted by molar-refractivity contribution is 0.119. The van der Waals surface area contributed by atoms with Gasteiger partial charge in [-0.2, -0.15) is 0 Å². The maximum absolute atomic E-state index is 12.5. The number of methoxy groups -OCH3 is 2. The number of aryl methyl sites for hydroxylation is 2. The standard InChI is InChI=1S/C31H50N4O5/c1-8-35(25-11-9-24(10-12-25)34(5)13-14-38-6)29-19-26(40-16-15-39-7)18-27(23(29)4)30(36)32-20-28-21(2)17-22(3)33-31(28)37/h17-19,24-25,30,32,36H,8-16,20H2,1-7H3,(H,33,37)/t24-,25-,30?. The number of nitrogens with zero attached hydrogens (tertiary/aromatic N) is 2. The Morgan fingerprint density at radius 3 is 2.33 bits per heavy atom. The first kappa shape index (κ1) is 32.1. The number of ether oxygens (including phenoxy) is 3. The molecule has 3 N–H and O–H groups in total. The number of hydrogen-bond donors (Lipinski definition) is 3. The summed E-state index contributed by atoms with van der Waals surface area (Å²) in [5, 5.41) is 14.5. The number of pyridine rings is 1. The summed E-state index contributed by atoms with van der Waals surface area (Å²) in [6.45, 7) is 11.8. The SMILES string of the molecule is CCN(c1cc(OCCOC)cc(C(O)NCc2c(C)cc(C)[nH]c2=O)c1C)[C@H]1CC[C@H](N(C)CCOC)CC1. The molecule has 2 aromatic rings. The molecule has 0 bridgehead atoms. The third kappa shape index (κ3) is 8.30. The first-order valence-corrected chi connectivity index (χ1v) is 14.5. The molecule has 224 valence electrons. The van der Waals surface area contributed by atoms with E-state index >= 15 is 0 Å². The zero-order valence-electron chi connectivity index (χ0n) is 25.5. The molecule has 1 heterocycles. The Morgan fingerprint density at radius 2 is 1.70 bits per heavy atom. The van der Waals surface area contributed by atoms with Crippen LogP contribution in [0.4, 0.5) is 5.69 Å². The summed E-state index contributed by atoms with van der Waals surface area (Å²) in [5.41, 5.74) is 5.05. The molecule has 40 heavy (non-hydrogen) atoms. The van der Waals surface area contributed by atoms with Crippen LogP contribution < -0.4 is 20.5 Å². The van der Waals surface area contributed by atoms with Crippen LogP contribution in [0.1, 0.15) is 66.8 Å². The van der Waals surface area contributed by atoms with Gasteiger partial charge < -0.3 is 34.1 Å². The van der Waals surface area contributed by atoms with Gasteiger partial charge in [0.2, 0.25) is 0 Å². The molecular formula is C31H50N4O5. The largest absolute Gasteiger partial charge is 0.491 e. The van der Waals surface area contributed by atoms with Crippen molar-refractivity contribution < 1.29 is 19.3 Å². The second-order valence-corrected chi connectivity index (χ2v) is 10.9. The van der Waals surface area contributed by atoms with Gasteiger partial charge >= 0.3 is 0 Å². The maximum atomic E-state index is 12.5. The Morgan fingerprint density at radius 1 is 1.02 bits per heavy atom. The van der Waals surface area contributed by atoms with E-state index in [0.717, 1.165) is 73.5 Å². The minimum Gasteiger partial charge on any atom is -0.491 e. The number of aromatic nitrogens is 1. The zero-order valence-corrected chi connectivity index (χ0v) is 25.5. The molecule has 1 unspecified atom stereocenters.